The predicted molar refractivity (Wildman–Crippen MR) is 80.2 cm³/mol. The van der Waals surface area contributed by atoms with Gasteiger partial charge in [0.25, 0.3) is 0 Å². The Morgan fingerprint density at radius 2 is 2.15 bits per heavy atom. The van der Waals surface area contributed by atoms with Gasteiger partial charge in [0.2, 0.25) is 5.13 Å². The topological polar surface area (TPSA) is 75.1 Å². The van der Waals surface area contributed by atoms with Crippen molar-refractivity contribution in [3.05, 3.63) is 5.82 Å². The van der Waals surface area contributed by atoms with Gasteiger partial charge in [-0.3, -0.25) is 4.79 Å². The molecule has 1 aromatic rings. The molecule has 1 aliphatic carbocycles. The summed E-state index contributed by atoms with van der Waals surface area (Å²) in [5.41, 5.74) is -0.643. The fourth-order valence-corrected chi connectivity index (χ4v) is 3.27. The molecule has 112 valence electrons. The Labute approximate surface area is 124 Å². The fraction of sp³-hybridized carbons (Fsp3) is 0.786. The molecule has 1 heterocycles. The van der Waals surface area contributed by atoms with Gasteiger partial charge < -0.3 is 10.4 Å². The zero-order valence-electron chi connectivity index (χ0n) is 12.3. The van der Waals surface area contributed by atoms with E-state index < -0.39 is 11.4 Å². The number of aromatic nitrogens is 2. The second-order valence-corrected chi connectivity index (χ2v) is 6.99. The van der Waals surface area contributed by atoms with E-state index in [1.165, 1.54) is 11.5 Å². The summed E-state index contributed by atoms with van der Waals surface area (Å²) in [7, 11) is 0. The van der Waals surface area contributed by atoms with Gasteiger partial charge in [-0.2, -0.15) is 4.37 Å². The minimum Gasteiger partial charge on any atom is -0.481 e. The number of hydrogen-bond acceptors (Lipinski definition) is 5. The highest BCUT2D eigenvalue weighted by Gasteiger charge is 2.41. The van der Waals surface area contributed by atoms with Gasteiger partial charge in [0.05, 0.1) is 5.41 Å². The quantitative estimate of drug-likeness (QED) is 0.871. The number of nitrogens with zero attached hydrogens (tertiary/aromatic N) is 2. The molecule has 0 bridgehead atoms. The Kier molecular flexibility index (Phi) is 4.62. The Morgan fingerprint density at radius 1 is 1.50 bits per heavy atom. The molecule has 6 heteroatoms. The Bertz CT molecular complexity index is 465. The van der Waals surface area contributed by atoms with Gasteiger partial charge in [0.1, 0.15) is 5.82 Å². The van der Waals surface area contributed by atoms with Crippen LogP contribution in [0.2, 0.25) is 0 Å². The van der Waals surface area contributed by atoms with E-state index in [0.717, 1.165) is 36.6 Å². The van der Waals surface area contributed by atoms with Crippen LogP contribution in [-0.4, -0.2) is 27.0 Å². The number of anilines is 1. The summed E-state index contributed by atoms with van der Waals surface area (Å²) in [6.45, 7) is 6.74. The van der Waals surface area contributed by atoms with Crippen molar-refractivity contribution in [1.29, 1.82) is 0 Å². The number of nitrogens with one attached hydrogen (secondary N) is 1. The van der Waals surface area contributed by atoms with Crippen LogP contribution in [0.15, 0.2) is 0 Å². The van der Waals surface area contributed by atoms with E-state index in [1.807, 2.05) is 13.8 Å². The van der Waals surface area contributed by atoms with Crippen LogP contribution in [0.5, 0.6) is 0 Å². The predicted octanol–water partition coefficient (Wildman–Crippen LogP) is 3.35. The van der Waals surface area contributed by atoms with Crippen LogP contribution >= 0.6 is 11.5 Å². The lowest BCUT2D eigenvalue weighted by Gasteiger charge is -2.35. The van der Waals surface area contributed by atoms with Crippen LogP contribution in [0.3, 0.4) is 0 Å². The highest BCUT2D eigenvalue weighted by Crippen LogP contribution is 2.39. The monoisotopic (exact) mass is 297 g/mol. The molecule has 5 nitrogen and oxygen atoms in total. The number of carboxylic acids is 1. The van der Waals surface area contributed by atoms with Gasteiger partial charge in [0.15, 0.2) is 0 Å². The van der Waals surface area contributed by atoms with Crippen molar-refractivity contribution >= 4 is 22.6 Å². The first-order valence-corrected chi connectivity index (χ1v) is 8.01. The van der Waals surface area contributed by atoms with Gasteiger partial charge in [-0.1, -0.05) is 20.8 Å². The van der Waals surface area contributed by atoms with Crippen molar-refractivity contribution in [3.8, 4) is 0 Å². The van der Waals surface area contributed by atoms with Crippen molar-refractivity contribution in [2.24, 2.45) is 11.3 Å². The number of carbonyl (C=O) groups is 1. The maximum Gasteiger partial charge on any atom is 0.311 e. The van der Waals surface area contributed by atoms with Gasteiger partial charge in [-0.15, -0.1) is 0 Å². The second-order valence-electron chi connectivity index (χ2n) is 6.23. The smallest absolute Gasteiger partial charge is 0.311 e. The van der Waals surface area contributed by atoms with Crippen LogP contribution in [0.4, 0.5) is 5.13 Å². The van der Waals surface area contributed by atoms with Crippen LogP contribution < -0.4 is 5.32 Å². The normalized spacial score (nSPS) is 26.7. The van der Waals surface area contributed by atoms with Crippen molar-refractivity contribution < 1.29 is 9.90 Å². The van der Waals surface area contributed by atoms with E-state index in [1.54, 1.807) is 0 Å². The Hall–Kier alpha value is -1.17. The van der Waals surface area contributed by atoms with Crippen molar-refractivity contribution in [1.82, 2.24) is 9.36 Å². The van der Waals surface area contributed by atoms with Crippen LogP contribution in [0.1, 0.15) is 58.2 Å². The molecule has 0 saturated heterocycles. The summed E-state index contributed by atoms with van der Waals surface area (Å²) in [5.74, 6) is 1.06. The third-order valence-corrected chi connectivity index (χ3v) is 4.91. The van der Waals surface area contributed by atoms with E-state index >= 15 is 0 Å². The van der Waals surface area contributed by atoms with Crippen LogP contribution in [0.25, 0.3) is 0 Å². The summed E-state index contributed by atoms with van der Waals surface area (Å²) >= 11 is 1.31. The molecular formula is C14H23N3O2S. The molecule has 0 unspecified atom stereocenters. The summed E-state index contributed by atoms with van der Waals surface area (Å²) < 4.78 is 4.28. The molecule has 0 atom stereocenters. The van der Waals surface area contributed by atoms with Gasteiger partial charge in [-0.25, -0.2) is 4.98 Å². The molecule has 1 aromatic heterocycles. The van der Waals surface area contributed by atoms with Gasteiger partial charge in [0, 0.05) is 24.0 Å². The molecule has 1 aliphatic rings. The first kappa shape index (κ1) is 15.2. The average Bonchev–Trinajstić information content (AvgIpc) is 2.87. The second kappa shape index (κ2) is 6.08. The maximum atomic E-state index is 11.6. The lowest BCUT2D eigenvalue weighted by atomic mass is 9.71. The van der Waals surface area contributed by atoms with Crippen LogP contribution in [0, 0.1) is 11.3 Å². The molecule has 1 saturated carbocycles. The first-order valence-electron chi connectivity index (χ1n) is 7.24. The van der Waals surface area contributed by atoms with Gasteiger partial charge >= 0.3 is 5.97 Å². The summed E-state index contributed by atoms with van der Waals surface area (Å²) in [4.78, 5) is 16.0. The Balaban J connectivity index is 2.00. The third-order valence-electron chi connectivity index (χ3n) is 4.22. The lowest BCUT2D eigenvalue weighted by Crippen LogP contribution is -2.41. The van der Waals surface area contributed by atoms with E-state index in [9.17, 15) is 9.90 Å². The maximum absolute atomic E-state index is 11.6. The molecule has 2 N–H and O–H groups in total. The van der Waals surface area contributed by atoms with E-state index in [0.29, 0.717) is 18.4 Å². The summed E-state index contributed by atoms with van der Waals surface area (Å²) in [6, 6.07) is 0. The first-order chi connectivity index (χ1) is 9.43. The lowest BCUT2D eigenvalue weighted by molar-refractivity contribution is -0.150. The molecule has 0 aliphatic heterocycles. The average molecular weight is 297 g/mol. The number of carboxylic acid groups (broad SMARTS) is 1. The standard InChI is InChI=1S/C14H23N3O2S/c1-9(2)11-16-13(20-17-11)15-8-14(12(18)19)6-4-10(3)5-7-14/h9-10H,4-8H2,1-3H3,(H,18,19)(H,15,16,17). The highest BCUT2D eigenvalue weighted by molar-refractivity contribution is 7.09. The SMILES string of the molecule is CC1CCC(CNc2nc(C(C)C)ns2)(C(=O)O)CC1. The highest BCUT2D eigenvalue weighted by atomic mass is 32.1. The number of rotatable bonds is 5. The molecule has 0 aromatic carbocycles. The third kappa shape index (κ3) is 3.29. The molecule has 0 spiro atoms. The van der Waals surface area contributed by atoms with Crippen molar-refractivity contribution in [2.75, 3.05) is 11.9 Å². The van der Waals surface area contributed by atoms with Crippen molar-refractivity contribution in [3.63, 3.8) is 0 Å². The molecule has 0 radical (unpaired) electrons. The Morgan fingerprint density at radius 3 is 2.65 bits per heavy atom. The molecule has 20 heavy (non-hydrogen) atoms. The minimum atomic E-state index is -0.689. The fourth-order valence-electron chi connectivity index (χ4n) is 2.57. The molecule has 2 rings (SSSR count). The zero-order valence-corrected chi connectivity index (χ0v) is 13.2. The largest absolute Gasteiger partial charge is 0.481 e. The number of hydrogen-bond donors (Lipinski definition) is 2. The zero-order chi connectivity index (χ0) is 14.8. The van der Waals surface area contributed by atoms with E-state index in [2.05, 4.69) is 21.6 Å². The summed E-state index contributed by atoms with van der Waals surface area (Å²) in [6.07, 6.45) is 3.46. The summed E-state index contributed by atoms with van der Waals surface area (Å²) in [5, 5.41) is 13.5. The van der Waals surface area contributed by atoms with Crippen LogP contribution in [-0.2, 0) is 4.79 Å². The van der Waals surface area contributed by atoms with Crippen molar-refractivity contribution in [2.45, 2.75) is 52.4 Å². The van der Waals surface area contributed by atoms with E-state index in [-0.39, 0.29) is 0 Å². The molecular weight excluding hydrogens is 274 g/mol. The molecule has 0 amide bonds. The van der Waals surface area contributed by atoms with E-state index in [4.69, 9.17) is 0 Å². The number of aliphatic carboxylic acids is 1. The van der Waals surface area contributed by atoms with Gasteiger partial charge in [-0.05, 0) is 31.6 Å². The molecule has 1 fully saturated rings. The minimum absolute atomic E-state index is 0.297.